The number of thiazole rings is 1. The quantitative estimate of drug-likeness (QED) is 0.791. The summed E-state index contributed by atoms with van der Waals surface area (Å²) in [7, 11) is 0. The molecule has 2 aromatic rings. The van der Waals surface area contributed by atoms with E-state index >= 15 is 0 Å². The molecule has 2 fully saturated rings. The van der Waals surface area contributed by atoms with Crippen LogP contribution in [0, 0.1) is 0 Å². The molecule has 2 unspecified atom stereocenters. The topological polar surface area (TPSA) is 51.1 Å². The van der Waals surface area contributed by atoms with Crippen molar-refractivity contribution >= 4 is 39.3 Å². The maximum atomic E-state index is 5.89. The largest absolute Gasteiger partial charge is 0.371 e. The Balaban J connectivity index is 1.75. The molecule has 4 heterocycles. The summed E-state index contributed by atoms with van der Waals surface area (Å²) in [6.07, 6.45) is 6.76. The lowest BCUT2D eigenvalue weighted by molar-refractivity contribution is 0.0303. The van der Waals surface area contributed by atoms with Crippen molar-refractivity contribution in [2.75, 3.05) is 24.2 Å². The summed E-state index contributed by atoms with van der Waals surface area (Å²) in [6, 6.07) is 0. The van der Waals surface area contributed by atoms with Crippen molar-refractivity contribution in [3.63, 3.8) is 0 Å². The van der Waals surface area contributed by atoms with E-state index in [9.17, 15) is 0 Å². The van der Waals surface area contributed by atoms with Gasteiger partial charge in [0.2, 0.25) is 0 Å². The van der Waals surface area contributed by atoms with Gasteiger partial charge in [-0.3, -0.25) is 0 Å². The molecule has 0 spiro atoms. The van der Waals surface area contributed by atoms with Gasteiger partial charge < -0.3 is 9.64 Å². The van der Waals surface area contributed by atoms with Crippen LogP contribution < -0.4 is 4.90 Å². The maximum absolute atomic E-state index is 5.89. The van der Waals surface area contributed by atoms with Gasteiger partial charge in [-0.25, -0.2) is 15.0 Å². The Morgan fingerprint density at radius 1 is 1.32 bits per heavy atom. The first-order valence-electron chi connectivity index (χ1n) is 6.39. The molecule has 2 aliphatic rings. The zero-order chi connectivity index (χ0) is 12.8. The Bertz CT molecular complexity index is 605. The lowest BCUT2D eigenvalue weighted by atomic mass is 10.2. The first kappa shape index (κ1) is 11.9. The molecule has 0 aliphatic carbocycles. The normalized spacial score (nSPS) is 26.3. The van der Waals surface area contributed by atoms with Crippen LogP contribution in [0.5, 0.6) is 0 Å². The minimum absolute atomic E-state index is 0.372. The standard InChI is InChI=1S/C12H14N4OS2/c1-18-12-15-10-9(19-12)11(14-6-13-10)16-4-7-2-3-8(5-16)17-7/h6-8H,2-5H2,1H3. The Morgan fingerprint density at radius 3 is 2.84 bits per heavy atom. The van der Waals surface area contributed by atoms with E-state index in [0.717, 1.165) is 33.6 Å². The molecule has 5 nitrogen and oxygen atoms in total. The zero-order valence-corrected chi connectivity index (χ0v) is 12.2. The van der Waals surface area contributed by atoms with E-state index in [4.69, 9.17) is 4.74 Å². The molecule has 19 heavy (non-hydrogen) atoms. The van der Waals surface area contributed by atoms with Crippen LogP contribution in [-0.4, -0.2) is 46.5 Å². The molecule has 0 saturated carbocycles. The Hall–Kier alpha value is -0.920. The van der Waals surface area contributed by atoms with E-state index in [-0.39, 0.29) is 0 Å². The molecule has 0 N–H and O–H groups in total. The van der Waals surface area contributed by atoms with Gasteiger partial charge in [-0.15, -0.1) is 11.3 Å². The van der Waals surface area contributed by atoms with E-state index in [0.29, 0.717) is 12.2 Å². The number of ether oxygens (including phenoxy) is 1. The monoisotopic (exact) mass is 294 g/mol. The first-order valence-corrected chi connectivity index (χ1v) is 8.43. The van der Waals surface area contributed by atoms with Crippen molar-refractivity contribution in [3.05, 3.63) is 6.33 Å². The molecular weight excluding hydrogens is 280 g/mol. The number of aromatic nitrogens is 3. The molecule has 0 amide bonds. The van der Waals surface area contributed by atoms with Gasteiger partial charge in [-0.2, -0.15) is 0 Å². The zero-order valence-electron chi connectivity index (χ0n) is 10.6. The number of morpholine rings is 1. The molecule has 0 aromatic carbocycles. The van der Waals surface area contributed by atoms with Gasteiger partial charge in [0.25, 0.3) is 0 Å². The lowest BCUT2D eigenvalue weighted by Crippen LogP contribution is -2.43. The van der Waals surface area contributed by atoms with Crippen LogP contribution in [0.3, 0.4) is 0 Å². The highest BCUT2D eigenvalue weighted by atomic mass is 32.2. The third-order valence-corrected chi connectivity index (χ3v) is 5.70. The van der Waals surface area contributed by atoms with Gasteiger partial charge in [-0.05, 0) is 19.1 Å². The summed E-state index contributed by atoms with van der Waals surface area (Å²) in [5.74, 6) is 1.03. The fraction of sp³-hybridized carbons (Fsp3) is 0.583. The van der Waals surface area contributed by atoms with E-state index < -0.39 is 0 Å². The molecule has 2 atom stereocenters. The molecule has 100 valence electrons. The average Bonchev–Trinajstić information content (AvgIpc) is 3.01. The number of hydrogen-bond donors (Lipinski definition) is 0. The van der Waals surface area contributed by atoms with Crippen molar-refractivity contribution < 1.29 is 4.74 Å². The second kappa shape index (κ2) is 4.57. The van der Waals surface area contributed by atoms with Crippen LogP contribution in [0.1, 0.15) is 12.8 Å². The number of anilines is 1. The predicted molar refractivity (Wildman–Crippen MR) is 77.1 cm³/mol. The molecule has 7 heteroatoms. The van der Waals surface area contributed by atoms with Crippen LogP contribution in [0.15, 0.2) is 10.7 Å². The summed E-state index contributed by atoms with van der Waals surface area (Å²) in [5, 5.41) is 0. The minimum Gasteiger partial charge on any atom is -0.371 e. The Morgan fingerprint density at radius 2 is 2.11 bits per heavy atom. The second-order valence-corrected chi connectivity index (χ2v) is 6.95. The summed E-state index contributed by atoms with van der Waals surface area (Å²) < 4.78 is 8.04. The van der Waals surface area contributed by atoms with Gasteiger partial charge in [0.05, 0.1) is 12.2 Å². The predicted octanol–water partition coefficient (Wildman–Crippen LogP) is 2.18. The first-order chi connectivity index (χ1) is 9.33. The smallest absolute Gasteiger partial charge is 0.176 e. The van der Waals surface area contributed by atoms with Crippen LogP contribution in [0.2, 0.25) is 0 Å². The van der Waals surface area contributed by atoms with Crippen molar-refractivity contribution in [3.8, 4) is 0 Å². The second-order valence-electron chi connectivity index (χ2n) is 4.90. The number of fused-ring (bicyclic) bond motifs is 3. The summed E-state index contributed by atoms with van der Waals surface area (Å²) in [4.78, 5) is 15.6. The van der Waals surface area contributed by atoms with E-state index in [1.807, 2.05) is 6.26 Å². The third kappa shape index (κ3) is 2.00. The maximum Gasteiger partial charge on any atom is 0.176 e. The highest BCUT2D eigenvalue weighted by Crippen LogP contribution is 2.35. The molecule has 2 aromatic heterocycles. The third-order valence-electron chi connectivity index (χ3n) is 3.67. The minimum atomic E-state index is 0.372. The summed E-state index contributed by atoms with van der Waals surface area (Å²) in [6.45, 7) is 1.88. The Kier molecular flexibility index (Phi) is 2.86. The van der Waals surface area contributed by atoms with Gasteiger partial charge in [0.1, 0.15) is 11.0 Å². The number of thioether (sulfide) groups is 1. The number of rotatable bonds is 2. The Labute approximate surface area is 119 Å². The van der Waals surface area contributed by atoms with E-state index in [1.165, 1.54) is 12.8 Å². The summed E-state index contributed by atoms with van der Waals surface area (Å²) in [5.41, 5.74) is 0.818. The van der Waals surface area contributed by atoms with Crippen LogP contribution >= 0.6 is 23.1 Å². The van der Waals surface area contributed by atoms with Gasteiger partial charge in [0, 0.05) is 13.1 Å². The fourth-order valence-corrected chi connectivity index (χ4v) is 4.35. The van der Waals surface area contributed by atoms with Crippen LogP contribution in [0.25, 0.3) is 10.3 Å². The van der Waals surface area contributed by atoms with Crippen molar-refractivity contribution in [2.45, 2.75) is 29.4 Å². The van der Waals surface area contributed by atoms with Crippen molar-refractivity contribution in [2.24, 2.45) is 0 Å². The van der Waals surface area contributed by atoms with E-state index in [2.05, 4.69) is 19.9 Å². The molecular formula is C12H14N4OS2. The van der Waals surface area contributed by atoms with Gasteiger partial charge >= 0.3 is 0 Å². The number of hydrogen-bond acceptors (Lipinski definition) is 7. The SMILES string of the molecule is CSc1nc2ncnc(N3CC4CCC(C3)O4)c2s1. The highest BCUT2D eigenvalue weighted by molar-refractivity contribution is 8.00. The average molecular weight is 294 g/mol. The van der Waals surface area contributed by atoms with Gasteiger partial charge in [0.15, 0.2) is 15.8 Å². The fourth-order valence-electron chi connectivity index (χ4n) is 2.82. The molecule has 0 radical (unpaired) electrons. The van der Waals surface area contributed by atoms with Crippen LogP contribution in [-0.2, 0) is 4.74 Å². The van der Waals surface area contributed by atoms with Crippen molar-refractivity contribution in [1.29, 1.82) is 0 Å². The number of nitrogens with zero attached hydrogens (tertiary/aromatic N) is 4. The summed E-state index contributed by atoms with van der Waals surface area (Å²) >= 11 is 3.34. The van der Waals surface area contributed by atoms with E-state index in [1.54, 1.807) is 29.4 Å². The molecule has 4 rings (SSSR count). The molecule has 2 saturated heterocycles. The van der Waals surface area contributed by atoms with Crippen LogP contribution in [0.4, 0.5) is 5.82 Å². The van der Waals surface area contributed by atoms with Gasteiger partial charge in [-0.1, -0.05) is 11.8 Å². The molecule has 2 aliphatic heterocycles. The highest BCUT2D eigenvalue weighted by Gasteiger charge is 2.35. The lowest BCUT2D eigenvalue weighted by Gasteiger charge is -2.32. The van der Waals surface area contributed by atoms with Crippen molar-refractivity contribution in [1.82, 2.24) is 15.0 Å². The molecule has 2 bridgehead atoms.